The Morgan fingerprint density at radius 3 is 2.00 bits per heavy atom. The summed E-state index contributed by atoms with van der Waals surface area (Å²) in [5.41, 5.74) is 5.51. The Kier molecular flexibility index (Phi) is 3.41. The molecule has 98 valence electrons. The number of carbonyl (C=O) groups is 1. The van der Waals surface area contributed by atoms with E-state index in [4.69, 9.17) is 5.73 Å². The predicted molar refractivity (Wildman–Crippen MR) is 64.5 cm³/mol. The molecule has 0 atom stereocenters. The Bertz CT molecular complexity index is 614. The SMILES string of the molecule is NC(=O)N(c1ccc(F)cc1)c1ccc(F)c(F)c1. The molecule has 0 bridgehead atoms. The van der Waals surface area contributed by atoms with Crippen molar-refractivity contribution < 1.29 is 18.0 Å². The Morgan fingerprint density at radius 1 is 0.895 bits per heavy atom. The molecule has 2 aromatic rings. The second-order valence-corrected chi connectivity index (χ2v) is 3.75. The highest BCUT2D eigenvalue weighted by Gasteiger charge is 2.16. The Hall–Kier alpha value is -2.50. The molecule has 2 aromatic carbocycles. The summed E-state index contributed by atoms with van der Waals surface area (Å²) >= 11 is 0. The topological polar surface area (TPSA) is 46.3 Å². The van der Waals surface area contributed by atoms with Crippen molar-refractivity contribution in [2.24, 2.45) is 5.73 Å². The van der Waals surface area contributed by atoms with Crippen LogP contribution in [0.15, 0.2) is 42.5 Å². The molecular formula is C13H9F3N2O. The lowest BCUT2D eigenvalue weighted by atomic mass is 10.2. The first-order valence-electron chi connectivity index (χ1n) is 5.29. The van der Waals surface area contributed by atoms with Crippen LogP contribution in [0.3, 0.4) is 0 Å². The molecule has 2 N–H and O–H groups in total. The van der Waals surface area contributed by atoms with Crippen LogP contribution in [-0.4, -0.2) is 6.03 Å². The Labute approximate surface area is 107 Å². The molecule has 0 saturated heterocycles. The molecule has 0 aromatic heterocycles. The van der Waals surface area contributed by atoms with Crippen LogP contribution in [0.25, 0.3) is 0 Å². The minimum Gasteiger partial charge on any atom is -0.351 e. The molecule has 0 fully saturated rings. The van der Waals surface area contributed by atoms with Gasteiger partial charge in [0.1, 0.15) is 5.82 Å². The molecule has 2 rings (SSSR count). The zero-order valence-corrected chi connectivity index (χ0v) is 9.61. The highest BCUT2D eigenvalue weighted by molar-refractivity contribution is 5.98. The van der Waals surface area contributed by atoms with Crippen molar-refractivity contribution in [1.82, 2.24) is 0 Å². The number of nitrogens with two attached hydrogens (primary N) is 1. The molecule has 0 unspecified atom stereocenters. The Balaban J connectivity index is 2.48. The normalized spacial score (nSPS) is 10.3. The minimum absolute atomic E-state index is 0.0537. The van der Waals surface area contributed by atoms with Crippen molar-refractivity contribution >= 4 is 17.4 Å². The third-order valence-corrected chi connectivity index (χ3v) is 2.47. The van der Waals surface area contributed by atoms with Gasteiger partial charge >= 0.3 is 6.03 Å². The lowest BCUT2D eigenvalue weighted by Crippen LogP contribution is -2.31. The first-order chi connectivity index (χ1) is 8.99. The molecule has 0 aliphatic carbocycles. The van der Waals surface area contributed by atoms with E-state index in [1.54, 1.807) is 0 Å². The number of anilines is 2. The van der Waals surface area contributed by atoms with Gasteiger partial charge in [0.2, 0.25) is 0 Å². The van der Waals surface area contributed by atoms with Crippen LogP contribution in [0.1, 0.15) is 0 Å². The van der Waals surface area contributed by atoms with Crippen LogP contribution in [0.2, 0.25) is 0 Å². The maximum absolute atomic E-state index is 13.2. The van der Waals surface area contributed by atoms with Crippen molar-refractivity contribution in [1.29, 1.82) is 0 Å². The van der Waals surface area contributed by atoms with Gasteiger partial charge in [0.25, 0.3) is 0 Å². The number of hydrogen-bond donors (Lipinski definition) is 1. The van der Waals surface area contributed by atoms with E-state index in [0.717, 1.165) is 29.2 Å². The van der Waals surface area contributed by atoms with Crippen molar-refractivity contribution in [2.75, 3.05) is 4.90 Å². The summed E-state index contributed by atoms with van der Waals surface area (Å²) < 4.78 is 38.9. The van der Waals surface area contributed by atoms with Crippen molar-refractivity contribution in [3.05, 3.63) is 59.9 Å². The summed E-state index contributed by atoms with van der Waals surface area (Å²) in [4.78, 5) is 12.4. The van der Waals surface area contributed by atoms with Gasteiger partial charge in [-0.05, 0) is 36.4 Å². The van der Waals surface area contributed by atoms with E-state index < -0.39 is 23.5 Å². The Morgan fingerprint density at radius 2 is 1.47 bits per heavy atom. The van der Waals surface area contributed by atoms with Crippen LogP contribution < -0.4 is 10.6 Å². The lowest BCUT2D eigenvalue weighted by molar-refractivity contribution is 0.256. The maximum atomic E-state index is 13.2. The number of halogens is 3. The maximum Gasteiger partial charge on any atom is 0.323 e. The van der Waals surface area contributed by atoms with E-state index in [0.29, 0.717) is 0 Å². The van der Waals surface area contributed by atoms with Gasteiger partial charge in [-0.2, -0.15) is 0 Å². The third kappa shape index (κ3) is 2.67. The average molecular weight is 266 g/mol. The molecule has 0 radical (unpaired) electrons. The van der Waals surface area contributed by atoms with Gasteiger partial charge in [-0.3, -0.25) is 4.90 Å². The monoisotopic (exact) mass is 266 g/mol. The molecule has 0 heterocycles. The largest absolute Gasteiger partial charge is 0.351 e. The molecule has 3 nitrogen and oxygen atoms in total. The summed E-state index contributed by atoms with van der Waals surface area (Å²) in [6, 6.07) is 6.90. The van der Waals surface area contributed by atoms with Crippen molar-refractivity contribution in [2.45, 2.75) is 0 Å². The number of primary amides is 1. The smallest absolute Gasteiger partial charge is 0.323 e. The predicted octanol–water partition coefficient (Wildman–Crippen LogP) is 3.32. The third-order valence-electron chi connectivity index (χ3n) is 2.47. The van der Waals surface area contributed by atoms with Crippen molar-refractivity contribution in [3.63, 3.8) is 0 Å². The van der Waals surface area contributed by atoms with Gasteiger partial charge in [0.05, 0.1) is 11.4 Å². The fourth-order valence-electron chi connectivity index (χ4n) is 1.62. The summed E-state index contributed by atoms with van der Waals surface area (Å²) in [5.74, 6) is -2.63. The van der Waals surface area contributed by atoms with Gasteiger partial charge < -0.3 is 5.73 Å². The van der Waals surface area contributed by atoms with E-state index in [2.05, 4.69) is 0 Å². The second-order valence-electron chi connectivity index (χ2n) is 3.75. The number of carbonyl (C=O) groups excluding carboxylic acids is 1. The van der Waals surface area contributed by atoms with Crippen LogP contribution in [0.5, 0.6) is 0 Å². The number of nitrogens with zero attached hydrogens (tertiary/aromatic N) is 1. The van der Waals surface area contributed by atoms with Crippen molar-refractivity contribution in [3.8, 4) is 0 Å². The molecule has 6 heteroatoms. The van der Waals surface area contributed by atoms with Gasteiger partial charge in [0, 0.05) is 6.07 Å². The van der Waals surface area contributed by atoms with Crippen LogP contribution >= 0.6 is 0 Å². The summed E-state index contributed by atoms with van der Waals surface area (Å²) in [7, 11) is 0. The lowest BCUT2D eigenvalue weighted by Gasteiger charge is -2.20. The zero-order valence-electron chi connectivity index (χ0n) is 9.61. The molecular weight excluding hydrogens is 257 g/mol. The number of benzene rings is 2. The zero-order chi connectivity index (χ0) is 14.0. The van der Waals surface area contributed by atoms with Gasteiger partial charge in [-0.25, -0.2) is 18.0 Å². The van der Waals surface area contributed by atoms with E-state index in [1.165, 1.54) is 18.2 Å². The summed E-state index contributed by atoms with van der Waals surface area (Å²) in [6.07, 6.45) is 0. The molecule has 0 saturated carbocycles. The van der Waals surface area contributed by atoms with Gasteiger partial charge in [-0.15, -0.1) is 0 Å². The number of rotatable bonds is 2. The van der Waals surface area contributed by atoms with Crippen LogP contribution in [0, 0.1) is 17.5 Å². The van der Waals surface area contributed by atoms with Crippen LogP contribution in [-0.2, 0) is 0 Å². The first-order valence-corrected chi connectivity index (χ1v) is 5.29. The fourth-order valence-corrected chi connectivity index (χ4v) is 1.62. The van der Waals surface area contributed by atoms with Gasteiger partial charge in [-0.1, -0.05) is 0 Å². The molecule has 0 aliphatic heterocycles. The van der Waals surface area contributed by atoms with Crippen LogP contribution in [0.4, 0.5) is 29.3 Å². The first kappa shape index (κ1) is 12.9. The molecule has 0 aliphatic rings. The van der Waals surface area contributed by atoms with E-state index in [1.807, 2.05) is 0 Å². The average Bonchev–Trinajstić information content (AvgIpc) is 2.36. The molecule has 19 heavy (non-hydrogen) atoms. The van der Waals surface area contributed by atoms with E-state index in [9.17, 15) is 18.0 Å². The summed E-state index contributed by atoms with van der Waals surface area (Å²) in [5, 5.41) is 0. The minimum atomic E-state index is -1.11. The number of hydrogen-bond acceptors (Lipinski definition) is 1. The molecule has 2 amide bonds. The van der Waals surface area contributed by atoms with E-state index >= 15 is 0 Å². The number of amides is 2. The van der Waals surface area contributed by atoms with Gasteiger partial charge in [0.15, 0.2) is 11.6 Å². The fraction of sp³-hybridized carbons (Fsp3) is 0. The standard InChI is InChI=1S/C13H9F3N2O/c14-8-1-3-9(4-2-8)18(13(17)19)10-5-6-11(15)12(16)7-10/h1-7H,(H2,17,19). The highest BCUT2D eigenvalue weighted by atomic mass is 19.2. The van der Waals surface area contributed by atoms with E-state index in [-0.39, 0.29) is 11.4 Å². The molecule has 0 spiro atoms. The highest BCUT2D eigenvalue weighted by Crippen LogP contribution is 2.26. The summed E-state index contributed by atoms with van der Waals surface area (Å²) in [6.45, 7) is 0. The number of urea groups is 1. The quantitative estimate of drug-likeness (QED) is 0.890. The second kappa shape index (κ2) is 5.01.